The minimum Gasteiger partial charge on any atom is -0.497 e. The summed E-state index contributed by atoms with van der Waals surface area (Å²) < 4.78 is 10.5. The van der Waals surface area contributed by atoms with Crippen LogP contribution in [-0.2, 0) is 11.2 Å². The average molecular weight is 264 g/mol. The van der Waals surface area contributed by atoms with Gasteiger partial charge < -0.3 is 14.6 Å². The molecule has 19 heavy (non-hydrogen) atoms. The van der Waals surface area contributed by atoms with Crippen LogP contribution in [0.15, 0.2) is 29.8 Å². The van der Waals surface area contributed by atoms with Gasteiger partial charge in [0.15, 0.2) is 0 Å². The fourth-order valence-corrected chi connectivity index (χ4v) is 1.82. The number of carboxylic acids is 1. The Hall–Kier alpha value is -1.97. The Balaban J connectivity index is 3.10. The van der Waals surface area contributed by atoms with Crippen LogP contribution in [0.1, 0.15) is 19.4 Å². The number of ether oxygens (including phenoxy) is 2. The zero-order valence-electron chi connectivity index (χ0n) is 11.8. The third-order valence-electron chi connectivity index (χ3n) is 2.93. The lowest BCUT2D eigenvalue weighted by molar-refractivity contribution is -0.131. The van der Waals surface area contributed by atoms with Crippen molar-refractivity contribution in [1.82, 2.24) is 0 Å². The predicted octanol–water partition coefficient (Wildman–Crippen LogP) is 2.91. The molecular formula is C15H20O4. The number of hydrogen-bond donors (Lipinski definition) is 1. The van der Waals surface area contributed by atoms with Crippen molar-refractivity contribution in [3.63, 3.8) is 0 Å². The lowest BCUT2D eigenvalue weighted by Crippen LogP contribution is -2.04. The van der Waals surface area contributed by atoms with Crippen molar-refractivity contribution < 1.29 is 19.4 Å². The first kappa shape index (κ1) is 15.1. The molecule has 0 saturated carbocycles. The van der Waals surface area contributed by atoms with E-state index in [2.05, 4.69) is 0 Å². The number of allylic oxidation sites excluding steroid dienone is 1. The van der Waals surface area contributed by atoms with E-state index in [1.54, 1.807) is 14.2 Å². The van der Waals surface area contributed by atoms with Gasteiger partial charge in [-0.25, -0.2) is 4.79 Å². The van der Waals surface area contributed by atoms with Gasteiger partial charge in [0.25, 0.3) is 0 Å². The highest BCUT2D eigenvalue weighted by Crippen LogP contribution is 2.28. The standard InChI is InChI=1S/C15H20O4/c1-10(2)11(9-15(16)17)7-12-8-13(18-3)5-6-14(12)19-4/h5-6,8-10H,7H2,1-4H3,(H,16,17)/b11-9-. The zero-order valence-corrected chi connectivity index (χ0v) is 11.8. The molecule has 0 unspecified atom stereocenters. The molecule has 0 heterocycles. The maximum atomic E-state index is 10.8. The highest BCUT2D eigenvalue weighted by Gasteiger charge is 2.11. The number of carboxylic acid groups (broad SMARTS) is 1. The van der Waals surface area contributed by atoms with Crippen LogP contribution in [0, 0.1) is 5.92 Å². The normalized spacial score (nSPS) is 11.5. The third kappa shape index (κ3) is 4.32. The molecule has 0 bridgehead atoms. The number of rotatable bonds is 6. The Morgan fingerprint density at radius 3 is 2.47 bits per heavy atom. The molecule has 4 heteroatoms. The molecule has 0 aliphatic carbocycles. The van der Waals surface area contributed by atoms with Gasteiger partial charge >= 0.3 is 5.97 Å². The van der Waals surface area contributed by atoms with E-state index in [9.17, 15) is 4.79 Å². The van der Waals surface area contributed by atoms with Crippen LogP contribution < -0.4 is 9.47 Å². The highest BCUT2D eigenvalue weighted by atomic mass is 16.5. The van der Waals surface area contributed by atoms with E-state index in [1.807, 2.05) is 32.0 Å². The van der Waals surface area contributed by atoms with Crippen LogP contribution in [0.5, 0.6) is 11.5 Å². The van der Waals surface area contributed by atoms with Crippen LogP contribution in [0.4, 0.5) is 0 Å². The van der Waals surface area contributed by atoms with E-state index < -0.39 is 5.97 Å². The molecule has 0 saturated heterocycles. The van der Waals surface area contributed by atoms with Crippen molar-refractivity contribution in [3.8, 4) is 11.5 Å². The molecule has 4 nitrogen and oxygen atoms in total. The zero-order chi connectivity index (χ0) is 14.4. The van der Waals surface area contributed by atoms with E-state index in [0.717, 1.165) is 22.6 Å². The Bertz CT molecular complexity index is 475. The smallest absolute Gasteiger partial charge is 0.328 e. The second-order valence-corrected chi connectivity index (χ2v) is 4.57. The lowest BCUT2D eigenvalue weighted by Gasteiger charge is -2.14. The van der Waals surface area contributed by atoms with Crippen molar-refractivity contribution in [1.29, 1.82) is 0 Å². The van der Waals surface area contributed by atoms with Gasteiger partial charge in [-0.2, -0.15) is 0 Å². The summed E-state index contributed by atoms with van der Waals surface area (Å²) in [6.45, 7) is 3.95. The molecular weight excluding hydrogens is 244 g/mol. The summed E-state index contributed by atoms with van der Waals surface area (Å²) in [5.74, 6) is 0.699. The van der Waals surface area contributed by atoms with Gasteiger partial charge in [-0.1, -0.05) is 19.4 Å². The Kier molecular flexibility index (Phi) is 5.42. The van der Waals surface area contributed by atoms with Gasteiger partial charge in [-0.05, 0) is 30.5 Å². The van der Waals surface area contributed by atoms with Crippen molar-refractivity contribution in [2.75, 3.05) is 14.2 Å². The van der Waals surface area contributed by atoms with Gasteiger partial charge in [0, 0.05) is 11.6 Å². The van der Waals surface area contributed by atoms with Gasteiger partial charge in [0.1, 0.15) is 11.5 Å². The molecule has 0 aliphatic rings. The van der Waals surface area contributed by atoms with Crippen LogP contribution in [0.25, 0.3) is 0 Å². The molecule has 0 spiro atoms. The Morgan fingerprint density at radius 2 is 2.00 bits per heavy atom. The summed E-state index contributed by atoms with van der Waals surface area (Å²) >= 11 is 0. The fourth-order valence-electron chi connectivity index (χ4n) is 1.82. The molecule has 0 atom stereocenters. The first-order chi connectivity index (χ1) is 8.97. The van der Waals surface area contributed by atoms with Crippen molar-refractivity contribution in [2.24, 2.45) is 5.92 Å². The molecule has 104 valence electrons. The van der Waals surface area contributed by atoms with Crippen molar-refractivity contribution in [2.45, 2.75) is 20.3 Å². The van der Waals surface area contributed by atoms with E-state index in [4.69, 9.17) is 14.6 Å². The molecule has 0 aliphatic heterocycles. The predicted molar refractivity (Wildman–Crippen MR) is 73.8 cm³/mol. The van der Waals surface area contributed by atoms with Crippen LogP contribution >= 0.6 is 0 Å². The summed E-state index contributed by atoms with van der Waals surface area (Å²) in [6, 6.07) is 5.52. The monoisotopic (exact) mass is 264 g/mol. The van der Waals surface area contributed by atoms with Gasteiger partial charge in [-0.3, -0.25) is 0 Å². The SMILES string of the molecule is COc1ccc(OC)c(C/C(=C/C(=O)O)C(C)C)c1. The second-order valence-electron chi connectivity index (χ2n) is 4.57. The minimum absolute atomic E-state index is 0.159. The van der Waals surface area contributed by atoms with E-state index >= 15 is 0 Å². The molecule has 1 aromatic carbocycles. The number of benzene rings is 1. The summed E-state index contributed by atoms with van der Waals surface area (Å²) in [4.78, 5) is 10.8. The summed E-state index contributed by atoms with van der Waals surface area (Å²) in [6.07, 6.45) is 1.80. The highest BCUT2D eigenvalue weighted by molar-refractivity contribution is 5.80. The number of hydrogen-bond acceptors (Lipinski definition) is 3. The van der Waals surface area contributed by atoms with E-state index in [0.29, 0.717) is 6.42 Å². The molecule has 1 N–H and O–H groups in total. The van der Waals surface area contributed by atoms with Crippen molar-refractivity contribution in [3.05, 3.63) is 35.4 Å². The van der Waals surface area contributed by atoms with Crippen LogP contribution in [0.2, 0.25) is 0 Å². The Labute approximate surface area is 113 Å². The lowest BCUT2D eigenvalue weighted by atomic mass is 9.94. The second kappa shape index (κ2) is 6.83. The Morgan fingerprint density at radius 1 is 1.32 bits per heavy atom. The maximum Gasteiger partial charge on any atom is 0.328 e. The minimum atomic E-state index is -0.925. The van der Waals surface area contributed by atoms with Gasteiger partial charge in [0.05, 0.1) is 14.2 Å². The number of carbonyl (C=O) groups is 1. The topological polar surface area (TPSA) is 55.8 Å². The third-order valence-corrected chi connectivity index (χ3v) is 2.93. The van der Waals surface area contributed by atoms with Gasteiger partial charge in [-0.15, -0.1) is 0 Å². The molecule has 0 amide bonds. The summed E-state index contributed by atoms with van der Waals surface area (Å²) in [5.41, 5.74) is 1.77. The fraction of sp³-hybridized carbons (Fsp3) is 0.400. The summed E-state index contributed by atoms with van der Waals surface area (Å²) in [7, 11) is 3.20. The number of aliphatic carboxylic acids is 1. The molecule has 1 aromatic rings. The van der Waals surface area contributed by atoms with E-state index in [-0.39, 0.29) is 5.92 Å². The van der Waals surface area contributed by atoms with E-state index in [1.165, 1.54) is 6.08 Å². The number of methoxy groups -OCH3 is 2. The molecule has 1 rings (SSSR count). The van der Waals surface area contributed by atoms with Crippen LogP contribution in [-0.4, -0.2) is 25.3 Å². The van der Waals surface area contributed by atoms with Gasteiger partial charge in [0.2, 0.25) is 0 Å². The van der Waals surface area contributed by atoms with Crippen LogP contribution in [0.3, 0.4) is 0 Å². The first-order valence-electron chi connectivity index (χ1n) is 6.12. The first-order valence-corrected chi connectivity index (χ1v) is 6.12. The molecule has 0 radical (unpaired) electrons. The quantitative estimate of drug-likeness (QED) is 0.803. The largest absolute Gasteiger partial charge is 0.497 e. The molecule has 0 fully saturated rings. The summed E-state index contributed by atoms with van der Waals surface area (Å²) in [5, 5.41) is 8.91. The molecule has 0 aromatic heterocycles. The average Bonchev–Trinajstić information content (AvgIpc) is 2.37. The van der Waals surface area contributed by atoms with Crippen molar-refractivity contribution >= 4 is 5.97 Å². The maximum absolute atomic E-state index is 10.8.